The van der Waals surface area contributed by atoms with Gasteiger partial charge in [-0.2, -0.15) is 0 Å². The number of benzene rings is 1. The van der Waals surface area contributed by atoms with Crippen LogP contribution in [0.3, 0.4) is 0 Å². The van der Waals surface area contributed by atoms with Crippen LogP contribution in [0.5, 0.6) is 0 Å². The molecular formula is C16H18ClN3OS. The molecule has 0 atom stereocenters. The van der Waals surface area contributed by atoms with E-state index in [1.807, 2.05) is 30.5 Å². The number of carbonyl (C=O) groups excluding carboxylic acids is 1. The SMILES string of the molecule is CSc1ncc(Cl)c(C(=O)Nc2ccc(C(C)(C)C)cc2)n1. The maximum atomic E-state index is 12.3. The average Bonchev–Trinajstić information content (AvgIpc) is 2.47. The summed E-state index contributed by atoms with van der Waals surface area (Å²) in [7, 11) is 0. The Hall–Kier alpha value is -1.59. The zero-order valence-corrected chi connectivity index (χ0v) is 14.5. The Morgan fingerprint density at radius 3 is 2.41 bits per heavy atom. The van der Waals surface area contributed by atoms with Gasteiger partial charge in [-0.1, -0.05) is 56.3 Å². The molecule has 2 aromatic rings. The molecule has 0 saturated carbocycles. The summed E-state index contributed by atoms with van der Waals surface area (Å²) in [6.07, 6.45) is 3.29. The van der Waals surface area contributed by atoms with Crippen LogP contribution in [0.25, 0.3) is 0 Å². The van der Waals surface area contributed by atoms with E-state index in [1.54, 1.807) is 0 Å². The fourth-order valence-corrected chi connectivity index (χ4v) is 2.37. The highest BCUT2D eigenvalue weighted by molar-refractivity contribution is 7.98. The van der Waals surface area contributed by atoms with Gasteiger partial charge in [0.1, 0.15) is 0 Å². The van der Waals surface area contributed by atoms with Gasteiger partial charge in [0.15, 0.2) is 10.9 Å². The Balaban J connectivity index is 2.19. The van der Waals surface area contributed by atoms with Crippen molar-refractivity contribution in [3.63, 3.8) is 0 Å². The van der Waals surface area contributed by atoms with Gasteiger partial charge in [0, 0.05) is 5.69 Å². The van der Waals surface area contributed by atoms with Crippen molar-refractivity contribution < 1.29 is 4.79 Å². The number of rotatable bonds is 3. The summed E-state index contributed by atoms with van der Waals surface area (Å²) in [5.41, 5.74) is 2.17. The van der Waals surface area contributed by atoms with Gasteiger partial charge in [-0.15, -0.1) is 0 Å². The molecule has 0 bridgehead atoms. The molecule has 1 amide bonds. The van der Waals surface area contributed by atoms with Crippen molar-refractivity contribution in [2.75, 3.05) is 11.6 Å². The zero-order valence-electron chi connectivity index (χ0n) is 13.0. The summed E-state index contributed by atoms with van der Waals surface area (Å²) in [5.74, 6) is -0.341. The van der Waals surface area contributed by atoms with E-state index < -0.39 is 0 Å². The van der Waals surface area contributed by atoms with E-state index in [0.717, 1.165) is 0 Å². The van der Waals surface area contributed by atoms with Crippen molar-refractivity contribution in [2.45, 2.75) is 31.3 Å². The first-order chi connectivity index (χ1) is 10.3. The molecule has 1 aromatic heterocycles. The van der Waals surface area contributed by atoms with E-state index in [9.17, 15) is 4.79 Å². The van der Waals surface area contributed by atoms with Crippen LogP contribution in [0.1, 0.15) is 36.8 Å². The minimum absolute atomic E-state index is 0.0752. The molecule has 116 valence electrons. The minimum Gasteiger partial charge on any atom is -0.321 e. The Labute approximate surface area is 139 Å². The highest BCUT2D eigenvalue weighted by atomic mass is 35.5. The van der Waals surface area contributed by atoms with Crippen molar-refractivity contribution in [1.29, 1.82) is 0 Å². The molecular weight excluding hydrogens is 318 g/mol. The van der Waals surface area contributed by atoms with Gasteiger partial charge in [-0.3, -0.25) is 4.79 Å². The first kappa shape index (κ1) is 16.8. The number of carbonyl (C=O) groups is 1. The molecule has 0 aliphatic carbocycles. The van der Waals surface area contributed by atoms with E-state index in [4.69, 9.17) is 11.6 Å². The van der Waals surface area contributed by atoms with Crippen LogP contribution in [0.2, 0.25) is 5.02 Å². The molecule has 22 heavy (non-hydrogen) atoms. The third-order valence-electron chi connectivity index (χ3n) is 3.13. The normalized spacial score (nSPS) is 11.3. The second-order valence-corrected chi connectivity index (χ2v) is 7.02. The van der Waals surface area contributed by atoms with E-state index in [1.165, 1.54) is 23.5 Å². The molecule has 2 rings (SSSR count). The third-order valence-corrected chi connectivity index (χ3v) is 3.97. The van der Waals surface area contributed by atoms with E-state index >= 15 is 0 Å². The maximum absolute atomic E-state index is 12.3. The predicted octanol–water partition coefficient (Wildman–Crippen LogP) is 4.40. The van der Waals surface area contributed by atoms with E-state index in [2.05, 4.69) is 36.1 Å². The molecule has 1 aromatic carbocycles. The quantitative estimate of drug-likeness (QED) is 0.667. The lowest BCUT2D eigenvalue weighted by Crippen LogP contribution is -2.16. The van der Waals surface area contributed by atoms with Gasteiger partial charge in [0.25, 0.3) is 5.91 Å². The molecule has 1 N–H and O–H groups in total. The average molecular weight is 336 g/mol. The van der Waals surface area contributed by atoms with Crippen LogP contribution >= 0.6 is 23.4 Å². The Bertz CT molecular complexity index is 681. The fourth-order valence-electron chi connectivity index (χ4n) is 1.85. The molecule has 4 nitrogen and oxygen atoms in total. The number of hydrogen-bond acceptors (Lipinski definition) is 4. The second kappa shape index (κ2) is 6.67. The predicted molar refractivity (Wildman–Crippen MR) is 91.9 cm³/mol. The van der Waals surface area contributed by atoms with Gasteiger partial charge in [0.05, 0.1) is 11.2 Å². The minimum atomic E-state index is -0.341. The Morgan fingerprint density at radius 1 is 1.23 bits per heavy atom. The molecule has 0 unspecified atom stereocenters. The molecule has 0 aliphatic heterocycles. The summed E-state index contributed by atoms with van der Waals surface area (Å²) < 4.78 is 0. The number of anilines is 1. The Kier molecular flexibility index (Phi) is 5.08. The van der Waals surface area contributed by atoms with Crippen molar-refractivity contribution in [3.8, 4) is 0 Å². The van der Waals surface area contributed by atoms with Crippen LogP contribution in [-0.4, -0.2) is 22.1 Å². The monoisotopic (exact) mass is 335 g/mol. The first-order valence-electron chi connectivity index (χ1n) is 6.79. The van der Waals surface area contributed by atoms with Gasteiger partial charge >= 0.3 is 0 Å². The van der Waals surface area contributed by atoms with Crippen molar-refractivity contribution >= 4 is 35.0 Å². The number of aromatic nitrogens is 2. The lowest BCUT2D eigenvalue weighted by atomic mass is 9.87. The number of halogens is 1. The highest BCUT2D eigenvalue weighted by Gasteiger charge is 2.16. The number of thioether (sulfide) groups is 1. The highest BCUT2D eigenvalue weighted by Crippen LogP contribution is 2.24. The van der Waals surface area contributed by atoms with Crippen molar-refractivity contribution in [2.24, 2.45) is 0 Å². The fraction of sp³-hybridized carbons (Fsp3) is 0.312. The van der Waals surface area contributed by atoms with Gasteiger partial charge in [-0.05, 0) is 29.4 Å². The maximum Gasteiger partial charge on any atom is 0.275 e. The number of hydrogen-bond donors (Lipinski definition) is 1. The molecule has 6 heteroatoms. The smallest absolute Gasteiger partial charge is 0.275 e. The lowest BCUT2D eigenvalue weighted by Gasteiger charge is -2.19. The van der Waals surface area contributed by atoms with Crippen LogP contribution < -0.4 is 5.32 Å². The molecule has 0 saturated heterocycles. The molecule has 1 heterocycles. The van der Waals surface area contributed by atoms with E-state index in [0.29, 0.717) is 10.8 Å². The number of amides is 1. The van der Waals surface area contributed by atoms with Gasteiger partial charge in [-0.25, -0.2) is 9.97 Å². The summed E-state index contributed by atoms with van der Waals surface area (Å²) in [6, 6.07) is 7.77. The molecule has 0 aliphatic rings. The Morgan fingerprint density at radius 2 is 1.86 bits per heavy atom. The first-order valence-corrected chi connectivity index (χ1v) is 8.40. The summed E-state index contributed by atoms with van der Waals surface area (Å²) in [5, 5.41) is 3.56. The van der Waals surface area contributed by atoms with Gasteiger partial charge < -0.3 is 5.32 Å². The standard InChI is InChI=1S/C16H18ClN3OS/c1-16(2,3)10-5-7-11(8-6-10)19-14(21)13-12(17)9-18-15(20-13)22-4/h5-9H,1-4H3,(H,19,21). The second-order valence-electron chi connectivity index (χ2n) is 5.83. The summed E-state index contributed by atoms with van der Waals surface area (Å²) in [4.78, 5) is 20.5. The molecule has 0 radical (unpaired) electrons. The molecule has 0 fully saturated rings. The summed E-state index contributed by atoms with van der Waals surface area (Å²) >= 11 is 7.36. The lowest BCUT2D eigenvalue weighted by molar-refractivity contribution is 0.102. The topological polar surface area (TPSA) is 54.9 Å². The number of nitrogens with zero attached hydrogens (tertiary/aromatic N) is 2. The largest absolute Gasteiger partial charge is 0.321 e. The number of nitrogens with one attached hydrogen (secondary N) is 1. The van der Waals surface area contributed by atoms with Crippen LogP contribution in [0.4, 0.5) is 5.69 Å². The van der Waals surface area contributed by atoms with Crippen LogP contribution in [0, 0.1) is 0 Å². The van der Waals surface area contributed by atoms with Crippen LogP contribution in [0.15, 0.2) is 35.6 Å². The molecule has 0 spiro atoms. The summed E-state index contributed by atoms with van der Waals surface area (Å²) in [6.45, 7) is 6.43. The van der Waals surface area contributed by atoms with Gasteiger partial charge in [0.2, 0.25) is 0 Å². The third kappa shape index (κ3) is 3.99. The zero-order chi connectivity index (χ0) is 16.3. The van der Waals surface area contributed by atoms with Crippen LogP contribution in [-0.2, 0) is 5.41 Å². The van der Waals surface area contributed by atoms with Crippen molar-refractivity contribution in [1.82, 2.24) is 9.97 Å². The van der Waals surface area contributed by atoms with Crippen molar-refractivity contribution in [3.05, 3.63) is 46.7 Å². The van der Waals surface area contributed by atoms with E-state index in [-0.39, 0.29) is 22.0 Å².